The molecule has 0 spiro atoms. The monoisotopic (exact) mass is 343 g/mol. The molecule has 2 aromatic rings. The molecule has 0 aliphatic rings. The summed E-state index contributed by atoms with van der Waals surface area (Å²) in [4.78, 5) is 12.0. The molecule has 0 aliphatic heterocycles. The van der Waals surface area contributed by atoms with E-state index in [1.54, 1.807) is 31.2 Å². The van der Waals surface area contributed by atoms with Crippen LogP contribution in [0.25, 0.3) is 0 Å². The molecule has 134 valence electrons. The maximum Gasteiger partial charge on any atom is 0.251 e. The van der Waals surface area contributed by atoms with Gasteiger partial charge in [-0.3, -0.25) is 4.79 Å². The molecule has 0 bridgehead atoms. The molecule has 0 radical (unpaired) electrons. The fourth-order valence-electron chi connectivity index (χ4n) is 2.24. The van der Waals surface area contributed by atoms with Crippen molar-refractivity contribution in [2.45, 2.75) is 26.9 Å². The van der Waals surface area contributed by atoms with Gasteiger partial charge < -0.3 is 19.9 Å². The molecule has 2 rings (SSSR count). The van der Waals surface area contributed by atoms with Crippen LogP contribution in [-0.2, 0) is 0 Å². The smallest absolute Gasteiger partial charge is 0.251 e. The van der Waals surface area contributed by atoms with Crippen LogP contribution < -0.4 is 14.8 Å². The highest BCUT2D eigenvalue weighted by Crippen LogP contribution is 2.19. The van der Waals surface area contributed by atoms with E-state index in [1.165, 1.54) is 0 Å². The van der Waals surface area contributed by atoms with Crippen LogP contribution in [-0.4, -0.2) is 36.9 Å². The van der Waals surface area contributed by atoms with Crippen molar-refractivity contribution >= 4 is 5.91 Å². The lowest BCUT2D eigenvalue weighted by molar-refractivity contribution is 0.0923. The lowest BCUT2D eigenvalue weighted by Gasteiger charge is -2.12. The van der Waals surface area contributed by atoms with Crippen molar-refractivity contribution < 1.29 is 19.4 Å². The second-order valence-corrected chi connectivity index (χ2v) is 6.05. The summed E-state index contributed by atoms with van der Waals surface area (Å²) in [7, 11) is 0. The molecule has 25 heavy (non-hydrogen) atoms. The summed E-state index contributed by atoms with van der Waals surface area (Å²) in [6.07, 6.45) is -0.578. The molecule has 0 saturated heterocycles. The number of nitrogens with one attached hydrogen (secondary N) is 1. The fourth-order valence-corrected chi connectivity index (χ4v) is 2.24. The molecule has 0 aliphatic carbocycles. The SMILES string of the molecule is Cc1ccc(C)c(OCCOc2cccc(C(=O)NCC(C)O)c2)c1. The number of benzene rings is 2. The average Bonchev–Trinajstić information content (AvgIpc) is 2.59. The van der Waals surface area contributed by atoms with Gasteiger partial charge in [0.1, 0.15) is 24.7 Å². The third kappa shape index (κ3) is 6.12. The molecule has 0 saturated carbocycles. The van der Waals surface area contributed by atoms with Crippen LogP contribution in [0.1, 0.15) is 28.4 Å². The number of carbonyl (C=O) groups is 1. The summed E-state index contributed by atoms with van der Waals surface area (Å²) in [6, 6.07) is 13.0. The Bertz CT molecular complexity index is 713. The number of aryl methyl sites for hydroxylation is 2. The van der Waals surface area contributed by atoms with Crippen LogP contribution >= 0.6 is 0 Å². The first-order chi connectivity index (χ1) is 12.0. The summed E-state index contributed by atoms with van der Waals surface area (Å²) in [5.74, 6) is 1.22. The predicted octanol–water partition coefficient (Wildman–Crippen LogP) is 2.87. The number of hydrogen-bond donors (Lipinski definition) is 2. The summed E-state index contributed by atoms with van der Waals surface area (Å²) < 4.78 is 11.4. The van der Waals surface area contributed by atoms with E-state index < -0.39 is 6.10 Å². The molecule has 0 fully saturated rings. The number of rotatable bonds is 8. The average molecular weight is 343 g/mol. The van der Waals surface area contributed by atoms with Gasteiger partial charge >= 0.3 is 0 Å². The van der Waals surface area contributed by atoms with Crippen molar-refractivity contribution in [1.29, 1.82) is 0 Å². The van der Waals surface area contributed by atoms with E-state index in [0.717, 1.165) is 16.9 Å². The minimum absolute atomic E-state index is 0.216. The molecule has 1 unspecified atom stereocenters. The van der Waals surface area contributed by atoms with E-state index in [0.29, 0.717) is 24.5 Å². The minimum Gasteiger partial charge on any atom is -0.490 e. The molecule has 5 nitrogen and oxygen atoms in total. The molecular formula is C20H25NO4. The Labute approximate surface area is 148 Å². The minimum atomic E-state index is -0.578. The van der Waals surface area contributed by atoms with Crippen molar-refractivity contribution in [3.8, 4) is 11.5 Å². The number of hydrogen-bond acceptors (Lipinski definition) is 4. The van der Waals surface area contributed by atoms with Crippen molar-refractivity contribution in [3.63, 3.8) is 0 Å². The lowest BCUT2D eigenvalue weighted by Crippen LogP contribution is -2.30. The van der Waals surface area contributed by atoms with E-state index in [2.05, 4.69) is 5.32 Å². The number of aliphatic hydroxyl groups excluding tert-OH is 1. The summed E-state index contributed by atoms with van der Waals surface area (Å²) >= 11 is 0. The van der Waals surface area contributed by atoms with E-state index >= 15 is 0 Å². The quantitative estimate of drug-likeness (QED) is 0.723. The van der Waals surface area contributed by atoms with Crippen molar-refractivity contribution in [1.82, 2.24) is 5.32 Å². The van der Waals surface area contributed by atoms with Gasteiger partial charge in [0.2, 0.25) is 0 Å². The zero-order valence-electron chi connectivity index (χ0n) is 14.9. The van der Waals surface area contributed by atoms with E-state index in [9.17, 15) is 9.90 Å². The molecule has 2 aromatic carbocycles. The number of carbonyl (C=O) groups excluding carboxylic acids is 1. The Kier molecular flexibility index (Phi) is 6.83. The van der Waals surface area contributed by atoms with Crippen LogP contribution in [0.5, 0.6) is 11.5 Å². The number of amides is 1. The highest BCUT2D eigenvalue weighted by atomic mass is 16.5. The van der Waals surface area contributed by atoms with Crippen LogP contribution in [0, 0.1) is 13.8 Å². The van der Waals surface area contributed by atoms with Crippen LogP contribution in [0.15, 0.2) is 42.5 Å². The Morgan fingerprint density at radius 3 is 2.64 bits per heavy atom. The zero-order chi connectivity index (χ0) is 18.2. The zero-order valence-corrected chi connectivity index (χ0v) is 14.9. The van der Waals surface area contributed by atoms with Crippen LogP contribution in [0.4, 0.5) is 0 Å². The lowest BCUT2D eigenvalue weighted by atomic mass is 10.1. The first kappa shape index (κ1) is 18.8. The Morgan fingerprint density at radius 1 is 1.12 bits per heavy atom. The highest BCUT2D eigenvalue weighted by molar-refractivity contribution is 5.94. The Hall–Kier alpha value is -2.53. The van der Waals surface area contributed by atoms with Gasteiger partial charge in [-0.1, -0.05) is 18.2 Å². The van der Waals surface area contributed by atoms with Gasteiger partial charge in [0, 0.05) is 12.1 Å². The molecule has 5 heteroatoms. The van der Waals surface area contributed by atoms with Gasteiger partial charge in [-0.05, 0) is 56.2 Å². The molecule has 2 N–H and O–H groups in total. The number of ether oxygens (including phenoxy) is 2. The van der Waals surface area contributed by atoms with Crippen molar-refractivity contribution in [3.05, 3.63) is 59.2 Å². The van der Waals surface area contributed by atoms with Gasteiger partial charge in [0.15, 0.2) is 0 Å². The summed E-state index contributed by atoms with van der Waals surface area (Å²) in [5.41, 5.74) is 2.73. The fraction of sp³-hybridized carbons (Fsp3) is 0.350. The highest BCUT2D eigenvalue weighted by Gasteiger charge is 2.07. The standard InChI is InChI=1S/C20H25NO4/c1-14-7-8-15(2)19(11-14)25-10-9-24-18-6-4-5-17(12-18)20(23)21-13-16(3)22/h4-8,11-12,16,22H,9-10,13H2,1-3H3,(H,21,23). The van der Waals surface area contributed by atoms with Gasteiger partial charge in [0.25, 0.3) is 5.91 Å². The Morgan fingerprint density at radius 2 is 1.88 bits per heavy atom. The maximum absolute atomic E-state index is 12.0. The van der Waals surface area contributed by atoms with Crippen molar-refractivity contribution in [2.24, 2.45) is 0 Å². The van der Waals surface area contributed by atoms with E-state index in [4.69, 9.17) is 9.47 Å². The van der Waals surface area contributed by atoms with E-state index in [-0.39, 0.29) is 12.5 Å². The summed E-state index contributed by atoms with van der Waals surface area (Å²) in [5, 5.41) is 11.9. The predicted molar refractivity (Wildman–Crippen MR) is 97.4 cm³/mol. The maximum atomic E-state index is 12.0. The van der Waals surface area contributed by atoms with Gasteiger partial charge in [-0.15, -0.1) is 0 Å². The van der Waals surface area contributed by atoms with Crippen LogP contribution in [0.3, 0.4) is 0 Å². The third-order valence-corrected chi connectivity index (χ3v) is 3.61. The molecular weight excluding hydrogens is 318 g/mol. The van der Waals surface area contributed by atoms with Gasteiger partial charge in [-0.25, -0.2) is 0 Å². The normalized spacial score (nSPS) is 11.7. The second kappa shape index (κ2) is 9.08. The first-order valence-electron chi connectivity index (χ1n) is 8.35. The molecule has 1 atom stereocenters. The molecule has 0 heterocycles. The largest absolute Gasteiger partial charge is 0.490 e. The van der Waals surface area contributed by atoms with Crippen molar-refractivity contribution in [2.75, 3.05) is 19.8 Å². The summed E-state index contributed by atoms with van der Waals surface area (Å²) in [6.45, 7) is 6.67. The topological polar surface area (TPSA) is 67.8 Å². The van der Waals surface area contributed by atoms with Gasteiger partial charge in [-0.2, -0.15) is 0 Å². The van der Waals surface area contributed by atoms with Gasteiger partial charge in [0.05, 0.1) is 6.10 Å². The second-order valence-electron chi connectivity index (χ2n) is 6.05. The number of aliphatic hydroxyl groups is 1. The van der Waals surface area contributed by atoms with Crippen LogP contribution in [0.2, 0.25) is 0 Å². The Balaban J connectivity index is 1.84. The third-order valence-electron chi connectivity index (χ3n) is 3.61. The molecule has 0 aromatic heterocycles. The molecule has 1 amide bonds. The van der Waals surface area contributed by atoms with E-state index in [1.807, 2.05) is 32.0 Å². The first-order valence-corrected chi connectivity index (χ1v) is 8.35.